The standard InChI is InChI=1S/C13H12N2O2/c14-15-13(17)11-8-10(6-7-12(11)16)9-4-2-1-3-5-9/h1-8,16H,14H2,(H,15,17). The summed E-state index contributed by atoms with van der Waals surface area (Å²) in [6.07, 6.45) is 0. The number of nitrogens with one attached hydrogen (secondary N) is 1. The van der Waals surface area contributed by atoms with Gasteiger partial charge in [0.05, 0.1) is 5.56 Å². The lowest BCUT2D eigenvalue weighted by molar-refractivity contribution is 0.0951. The smallest absolute Gasteiger partial charge is 0.268 e. The van der Waals surface area contributed by atoms with Crippen molar-refractivity contribution in [3.05, 3.63) is 54.1 Å². The lowest BCUT2D eigenvalue weighted by Crippen LogP contribution is -2.30. The van der Waals surface area contributed by atoms with Crippen molar-refractivity contribution in [2.75, 3.05) is 0 Å². The van der Waals surface area contributed by atoms with Gasteiger partial charge in [0.2, 0.25) is 0 Å². The number of phenols is 1. The molecule has 2 aromatic rings. The molecule has 2 rings (SSSR count). The van der Waals surface area contributed by atoms with Crippen LogP contribution in [0.25, 0.3) is 11.1 Å². The summed E-state index contributed by atoms with van der Waals surface area (Å²) in [5, 5.41) is 9.57. The van der Waals surface area contributed by atoms with Gasteiger partial charge in [-0.15, -0.1) is 0 Å². The molecule has 0 heterocycles. The molecule has 2 aromatic carbocycles. The fourth-order valence-electron chi connectivity index (χ4n) is 1.61. The molecular formula is C13H12N2O2. The maximum Gasteiger partial charge on any atom is 0.268 e. The number of nitrogen functional groups attached to an aromatic ring is 1. The van der Waals surface area contributed by atoms with Crippen LogP contribution in [-0.2, 0) is 0 Å². The van der Waals surface area contributed by atoms with Crippen molar-refractivity contribution in [2.24, 2.45) is 5.84 Å². The Kier molecular flexibility index (Phi) is 3.07. The molecule has 0 aliphatic carbocycles. The van der Waals surface area contributed by atoms with Crippen molar-refractivity contribution < 1.29 is 9.90 Å². The van der Waals surface area contributed by atoms with Gasteiger partial charge in [-0.25, -0.2) is 5.84 Å². The van der Waals surface area contributed by atoms with Crippen LogP contribution in [0.5, 0.6) is 5.75 Å². The van der Waals surface area contributed by atoms with E-state index in [1.165, 1.54) is 6.07 Å². The van der Waals surface area contributed by atoms with Crippen LogP contribution in [0.15, 0.2) is 48.5 Å². The second-order valence-corrected chi connectivity index (χ2v) is 3.57. The Labute approximate surface area is 98.7 Å². The molecule has 0 fully saturated rings. The van der Waals surface area contributed by atoms with E-state index in [1.807, 2.05) is 35.8 Å². The highest BCUT2D eigenvalue weighted by atomic mass is 16.3. The third-order valence-electron chi connectivity index (χ3n) is 2.48. The molecule has 0 bridgehead atoms. The lowest BCUT2D eigenvalue weighted by Gasteiger charge is -2.06. The molecule has 0 aromatic heterocycles. The van der Waals surface area contributed by atoms with Crippen LogP contribution in [0.1, 0.15) is 10.4 Å². The molecule has 1 amide bonds. The predicted molar refractivity (Wildman–Crippen MR) is 65.2 cm³/mol. The van der Waals surface area contributed by atoms with E-state index >= 15 is 0 Å². The number of carbonyl (C=O) groups excluding carboxylic acids is 1. The van der Waals surface area contributed by atoms with Crippen LogP contribution in [0.2, 0.25) is 0 Å². The number of hydrogen-bond acceptors (Lipinski definition) is 3. The first kappa shape index (κ1) is 11.2. The number of phenolic OH excluding ortho intramolecular Hbond substituents is 1. The van der Waals surface area contributed by atoms with Crippen LogP contribution in [0.4, 0.5) is 0 Å². The number of amides is 1. The van der Waals surface area contributed by atoms with Gasteiger partial charge >= 0.3 is 0 Å². The molecule has 0 unspecified atom stereocenters. The minimum Gasteiger partial charge on any atom is -0.507 e. The molecule has 0 radical (unpaired) electrons. The average molecular weight is 228 g/mol. The first-order valence-corrected chi connectivity index (χ1v) is 5.12. The Morgan fingerprint density at radius 2 is 1.76 bits per heavy atom. The highest BCUT2D eigenvalue weighted by Crippen LogP contribution is 2.25. The van der Waals surface area contributed by atoms with Gasteiger partial charge in [-0.1, -0.05) is 36.4 Å². The van der Waals surface area contributed by atoms with Crippen LogP contribution < -0.4 is 11.3 Å². The van der Waals surface area contributed by atoms with Gasteiger partial charge in [0.15, 0.2) is 0 Å². The highest BCUT2D eigenvalue weighted by molar-refractivity contribution is 5.97. The molecule has 0 aliphatic rings. The van der Waals surface area contributed by atoms with E-state index in [9.17, 15) is 9.90 Å². The summed E-state index contributed by atoms with van der Waals surface area (Å²) in [5.41, 5.74) is 3.98. The van der Waals surface area contributed by atoms with Crippen molar-refractivity contribution in [3.63, 3.8) is 0 Å². The van der Waals surface area contributed by atoms with E-state index in [0.717, 1.165) is 11.1 Å². The zero-order chi connectivity index (χ0) is 12.3. The quantitative estimate of drug-likeness (QED) is 0.415. The molecule has 0 spiro atoms. The number of carbonyl (C=O) groups is 1. The van der Waals surface area contributed by atoms with Gasteiger partial charge < -0.3 is 5.11 Å². The normalized spacial score (nSPS) is 9.94. The van der Waals surface area contributed by atoms with Crippen LogP contribution in [-0.4, -0.2) is 11.0 Å². The zero-order valence-electron chi connectivity index (χ0n) is 9.05. The number of nitrogens with two attached hydrogens (primary N) is 1. The van der Waals surface area contributed by atoms with E-state index in [-0.39, 0.29) is 11.3 Å². The van der Waals surface area contributed by atoms with Gasteiger partial charge in [-0.05, 0) is 23.3 Å². The fraction of sp³-hybridized carbons (Fsp3) is 0. The van der Waals surface area contributed by atoms with Crippen molar-refractivity contribution in [2.45, 2.75) is 0 Å². The summed E-state index contributed by atoms with van der Waals surface area (Å²) < 4.78 is 0. The second kappa shape index (κ2) is 4.67. The molecule has 17 heavy (non-hydrogen) atoms. The van der Waals surface area contributed by atoms with Crippen molar-refractivity contribution in [1.82, 2.24) is 5.43 Å². The first-order valence-electron chi connectivity index (χ1n) is 5.12. The fourth-order valence-corrected chi connectivity index (χ4v) is 1.61. The molecule has 4 heteroatoms. The molecule has 4 nitrogen and oxygen atoms in total. The Morgan fingerprint density at radius 1 is 1.06 bits per heavy atom. The average Bonchev–Trinajstić information content (AvgIpc) is 2.39. The Hall–Kier alpha value is -2.33. The maximum absolute atomic E-state index is 11.4. The van der Waals surface area contributed by atoms with Gasteiger partial charge in [0.25, 0.3) is 5.91 Å². The first-order chi connectivity index (χ1) is 8.22. The number of aromatic hydroxyl groups is 1. The zero-order valence-corrected chi connectivity index (χ0v) is 9.05. The van der Waals surface area contributed by atoms with Crippen LogP contribution in [0, 0.1) is 0 Å². The lowest BCUT2D eigenvalue weighted by atomic mass is 10.0. The van der Waals surface area contributed by atoms with Crippen molar-refractivity contribution >= 4 is 5.91 Å². The third kappa shape index (κ3) is 2.26. The molecule has 4 N–H and O–H groups in total. The molecule has 0 atom stereocenters. The van der Waals surface area contributed by atoms with Crippen LogP contribution >= 0.6 is 0 Å². The van der Waals surface area contributed by atoms with Gasteiger partial charge in [0, 0.05) is 0 Å². The summed E-state index contributed by atoms with van der Waals surface area (Å²) in [6.45, 7) is 0. The topological polar surface area (TPSA) is 75.3 Å². The molecule has 0 saturated heterocycles. The maximum atomic E-state index is 11.4. The number of rotatable bonds is 2. The molecule has 0 saturated carbocycles. The Morgan fingerprint density at radius 3 is 2.41 bits per heavy atom. The van der Waals surface area contributed by atoms with Crippen LogP contribution in [0.3, 0.4) is 0 Å². The van der Waals surface area contributed by atoms with E-state index in [4.69, 9.17) is 5.84 Å². The Bertz CT molecular complexity index is 538. The predicted octanol–water partition coefficient (Wildman–Crippen LogP) is 1.66. The number of benzene rings is 2. The second-order valence-electron chi connectivity index (χ2n) is 3.57. The van der Waals surface area contributed by atoms with E-state index < -0.39 is 5.91 Å². The van der Waals surface area contributed by atoms with Gasteiger partial charge in [-0.3, -0.25) is 10.2 Å². The summed E-state index contributed by atoms with van der Waals surface area (Å²) in [4.78, 5) is 11.4. The van der Waals surface area contributed by atoms with E-state index in [1.54, 1.807) is 12.1 Å². The summed E-state index contributed by atoms with van der Waals surface area (Å²) >= 11 is 0. The number of hydrogen-bond donors (Lipinski definition) is 3. The highest BCUT2D eigenvalue weighted by Gasteiger charge is 2.10. The van der Waals surface area contributed by atoms with E-state index in [0.29, 0.717) is 0 Å². The molecular weight excluding hydrogens is 216 g/mol. The minimum absolute atomic E-state index is 0.0902. The number of hydrazine groups is 1. The van der Waals surface area contributed by atoms with Crippen molar-refractivity contribution in [3.8, 4) is 16.9 Å². The molecule has 86 valence electrons. The Balaban J connectivity index is 2.48. The van der Waals surface area contributed by atoms with Gasteiger partial charge in [-0.2, -0.15) is 0 Å². The minimum atomic E-state index is -0.514. The third-order valence-corrected chi connectivity index (χ3v) is 2.48. The van der Waals surface area contributed by atoms with Crippen molar-refractivity contribution in [1.29, 1.82) is 0 Å². The summed E-state index contributed by atoms with van der Waals surface area (Å²) in [6, 6.07) is 14.4. The largest absolute Gasteiger partial charge is 0.507 e. The van der Waals surface area contributed by atoms with Gasteiger partial charge in [0.1, 0.15) is 5.75 Å². The summed E-state index contributed by atoms with van der Waals surface area (Å²) in [7, 11) is 0. The SMILES string of the molecule is NNC(=O)c1cc(-c2ccccc2)ccc1O. The van der Waals surface area contributed by atoms with E-state index in [2.05, 4.69) is 0 Å². The molecule has 0 aliphatic heterocycles. The monoisotopic (exact) mass is 228 g/mol. The summed E-state index contributed by atoms with van der Waals surface area (Å²) in [5.74, 6) is 4.45.